The van der Waals surface area contributed by atoms with Crippen LogP contribution in [0, 0.1) is 0 Å². The number of hydrogen-bond acceptors (Lipinski definition) is 3. The maximum atomic E-state index is 11.8. The number of primary amides is 1. The number of hydrogen-bond donors (Lipinski definition) is 1. The van der Waals surface area contributed by atoms with Crippen LogP contribution in [0.4, 0.5) is 0 Å². The topological polar surface area (TPSA) is 69.4 Å². The van der Waals surface area contributed by atoms with Gasteiger partial charge in [0.05, 0.1) is 6.61 Å². The van der Waals surface area contributed by atoms with Crippen molar-refractivity contribution >= 4 is 11.9 Å². The van der Waals surface area contributed by atoms with Gasteiger partial charge < -0.3 is 10.5 Å². The lowest BCUT2D eigenvalue weighted by Gasteiger charge is -2.05. The van der Waals surface area contributed by atoms with Crippen molar-refractivity contribution in [1.29, 1.82) is 0 Å². The molecule has 408 valence electrons. The molecule has 0 saturated carbocycles. The maximum absolute atomic E-state index is 11.8. The summed E-state index contributed by atoms with van der Waals surface area (Å²) in [5, 5.41) is 0. The number of rotatable bonds is 59. The van der Waals surface area contributed by atoms with E-state index in [1.54, 1.807) is 0 Å². The lowest BCUT2D eigenvalue weighted by atomic mass is 10.0. The zero-order valence-electron chi connectivity index (χ0n) is 47.5. The quantitative estimate of drug-likeness (QED) is 0.0488. The minimum atomic E-state index is -0.149. The molecule has 0 unspecified atom stereocenters. The molecule has 0 aromatic carbocycles. The molecule has 4 nitrogen and oxygen atoms in total. The fraction of sp³-hybridized carbons (Fsp3) is 0.969. The summed E-state index contributed by atoms with van der Waals surface area (Å²) in [5.41, 5.74) is 5.15. The Morgan fingerprint density at radius 3 is 0.588 bits per heavy atom. The van der Waals surface area contributed by atoms with E-state index in [0.717, 1.165) is 19.3 Å². The smallest absolute Gasteiger partial charge is 0.305 e. The number of carbonyl (C=O) groups is 2. The van der Waals surface area contributed by atoms with Crippen LogP contribution >= 0.6 is 0 Å². The summed E-state index contributed by atoms with van der Waals surface area (Å²) in [7, 11) is 0. The van der Waals surface area contributed by atoms with E-state index in [1.165, 1.54) is 340 Å². The first-order chi connectivity index (χ1) is 33.6. The summed E-state index contributed by atoms with van der Waals surface area (Å²) in [6.07, 6.45) is 79.0. The average Bonchev–Trinajstić information content (AvgIpc) is 3.33. The van der Waals surface area contributed by atoms with Crippen molar-refractivity contribution in [2.75, 3.05) is 6.61 Å². The van der Waals surface area contributed by atoms with Crippen molar-refractivity contribution in [1.82, 2.24) is 0 Å². The zero-order chi connectivity index (χ0) is 49.6. The molecule has 0 aliphatic heterocycles. The molecular weight excluding hydrogens is 831 g/mol. The van der Waals surface area contributed by atoms with E-state index in [-0.39, 0.29) is 11.9 Å². The van der Waals surface area contributed by atoms with E-state index in [1.807, 2.05) is 0 Å². The molecule has 0 bridgehead atoms. The molecule has 0 aromatic rings. The highest BCUT2D eigenvalue weighted by Gasteiger charge is 2.03. The van der Waals surface area contributed by atoms with Gasteiger partial charge in [-0.2, -0.15) is 0 Å². The maximum Gasteiger partial charge on any atom is 0.305 e. The van der Waals surface area contributed by atoms with Crippen LogP contribution in [0.15, 0.2) is 0 Å². The minimum absolute atomic E-state index is 0.0210. The van der Waals surface area contributed by atoms with Crippen molar-refractivity contribution < 1.29 is 14.3 Å². The Bertz CT molecular complexity index is 906. The summed E-state index contributed by atoms with van der Waals surface area (Å²) in [6.45, 7) is 7.47. The van der Waals surface area contributed by atoms with Crippen LogP contribution in [0.25, 0.3) is 0 Å². The summed E-state index contributed by atoms with van der Waals surface area (Å²) >= 11 is 0. The van der Waals surface area contributed by atoms with Gasteiger partial charge in [-0.3, -0.25) is 9.59 Å². The third-order valence-corrected chi connectivity index (χ3v) is 14.8. The highest BCUT2D eigenvalue weighted by Crippen LogP contribution is 2.18. The summed E-state index contributed by atoms with van der Waals surface area (Å²) in [6, 6.07) is 0. The second kappa shape index (κ2) is 65.9. The molecule has 0 radical (unpaired) electrons. The third-order valence-electron chi connectivity index (χ3n) is 14.8. The number of ether oxygens (including phenoxy) is 1. The SMILES string of the molecule is CCCCCCCCCCCCCCCCCCCCCCCCCCCC(=O)OCCCCCCCC.CCCCCCCCCCCCCCCCCCCCCCCCCCCC(N)=O. The van der Waals surface area contributed by atoms with E-state index in [2.05, 4.69) is 20.8 Å². The molecule has 0 heterocycles. The van der Waals surface area contributed by atoms with Gasteiger partial charge >= 0.3 is 5.97 Å². The van der Waals surface area contributed by atoms with Crippen molar-refractivity contribution in [3.8, 4) is 0 Å². The summed E-state index contributed by atoms with van der Waals surface area (Å²) < 4.78 is 5.36. The Labute approximate surface area is 430 Å². The first-order valence-corrected chi connectivity index (χ1v) is 32.0. The first-order valence-electron chi connectivity index (χ1n) is 32.0. The molecule has 0 aliphatic carbocycles. The Balaban J connectivity index is 0. The van der Waals surface area contributed by atoms with E-state index >= 15 is 0 Å². The van der Waals surface area contributed by atoms with Crippen LogP contribution in [-0.4, -0.2) is 18.5 Å². The van der Waals surface area contributed by atoms with Crippen LogP contribution in [0.3, 0.4) is 0 Å². The second-order valence-electron chi connectivity index (χ2n) is 21.9. The van der Waals surface area contributed by atoms with Gasteiger partial charge in [0.15, 0.2) is 0 Å². The van der Waals surface area contributed by atoms with E-state index in [0.29, 0.717) is 19.4 Å². The molecule has 1 amide bonds. The van der Waals surface area contributed by atoms with Gasteiger partial charge in [-0.15, -0.1) is 0 Å². The van der Waals surface area contributed by atoms with E-state index < -0.39 is 0 Å². The molecule has 4 heteroatoms. The largest absolute Gasteiger partial charge is 0.466 e. The number of amides is 1. The molecule has 68 heavy (non-hydrogen) atoms. The molecular formula is C64H129NO3. The van der Waals surface area contributed by atoms with Crippen molar-refractivity contribution in [3.05, 3.63) is 0 Å². The highest BCUT2D eigenvalue weighted by atomic mass is 16.5. The Morgan fingerprint density at radius 1 is 0.235 bits per heavy atom. The molecule has 0 aliphatic rings. The number of nitrogens with two attached hydrogens (primary N) is 1. The van der Waals surface area contributed by atoms with Gasteiger partial charge in [0.1, 0.15) is 0 Å². The van der Waals surface area contributed by atoms with Gasteiger partial charge in [0, 0.05) is 12.8 Å². The zero-order valence-corrected chi connectivity index (χ0v) is 47.5. The minimum Gasteiger partial charge on any atom is -0.466 e. The number of carbonyl (C=O) groups excluding carboxylic acids is 2. The normalized spacial score (nSPS) is 11.3. The van der Waals surface area contributed by atoms with Crippen LogP contribution in [0.1, 0.15) is 393 Å². The van der Waals surface area contributed by atoms with Crippen LogP contribution in [-0.2, 0) is 14.3 Å². The Hall–Kier alpha value is -1.06. The monoisotopic (exact) mass is 960 g/mol. The lowest BCUT2D eigenvalue weighted by molar-refractivity contribution is -0.143. The number of esters is 1. The molecule has 0 aromatic heterocycles. The first kappa shape index (κ1) is 69.0. The Kier molecular flexibility index (Phi) is 66.9. The molecule has 0 fully saturated rings. The van der Waals surface area contributed by atoms with Gasteiger partial charge in [-0.05, 0) is 19.3 Å². The second-order valence-corrected chi connectivity index (χ2v) is 21.9. The lowest BCUT2D eigenvalue weighted by Crippen LogP contribution is -2.09. The summed E-state index contributed by atoms with van der Waals surface area (Å²) in [5.74, 6) is -0.128. The van der Waals surface area contributed by atoms with Crippen LogP contribution in [0.5, 0.6) is 0 Å². The fourth-order valence-corrected chi connectivity index (χ4v) is 9.99. The molecule has 2 N–H and O–H groups in total. The standard InChI is InChI=1S/C36H72O2.C28H57NO/c1-3-5-7-9-11-12-13-14-15-16-17-18-19-20-21-22-23-24-25-26-27-28-29-30-32-34-36(37)38-35-33-31-10-8-6-4-2;1-2-3-4-5-6-7-8-9-10-11-12-13-14-15-16-17-18-19-20-21-22-23-24-25-26-27-28(29)30/h3-35H2,1-2H3;2-27H2,1H3,(H2,29,30). The van der Waals surface area contributed by atoms with Crippen molar-refractivity contribution in [2.45, 2.75) is 393 Å². The average molecular weight is 961 g/mol. The van der Waals surface area contributed by atoms with Crippen molar-refractivity contribution in [3.63, 3.8) is 0 Å². The van der Waals surface area contributed by atoms with Crippen LogP contribution in [0.2, 0.25) is 0 Å². The number of unbranched alkanes of at least 4 members (excludes halogenated alkanes) is 53. The summed E-state index contributed by atoms with van der Waals surface area (Å²) in [4.78, 5) is 22.4. The third kappa shape index (κ3) is 69.2. The predicted octanol–water partition coefficient (Wildman–Crippen LogP) is 22.7. The molecule has 0 rings (SSSR count). The van der Waals surface area contributed by atoms with E-state index in [9.17, 15) is 9.59 Å². The van der Waals surface area contributed by atoms with Gasteiger partial charge in [0.2, 0.25) is 5.91 Å². The highest BCUT2D eigenvalue weighted by molar-refractivity contribution is 5.73. The molecule has 0 saturated heterocycles. The van der Waals surface area contributed by atoms with Gasteiger partial charge in [0.25, 0.3) is 0 Å². The molecule has 0 spiro atoms. The Morgan fingerprint density at radius 2 is 0.397 bits per heavy atom. The predicted molar refractivity (Wildman–Crippen MR) is 305 cm³/mol. The van der Waals surface area contributed by atoms with Gasteiger partial charge in [-0.1, -0.05) is 361 Å². The van der Waals surface area contributed by atoms with Gasteiger partial charge in [-0.25, -0.2) is 0 Å². The van der Waals surface area contributed by atoms with Crippen LogP contribution < -0.4 is 5.73 Å². The molecule has 0 atom stereocenters. The fourth-order valence-electron chi connectivity index (χ4n) is 9.99. The van der Waals surface area contributed by atoms with E-state index in [4.69, 9.17) is 10.5 Å². The van der Waals surface area contributed by atoms with Crippen molar-refractivity contribution in [2.24, 2.45) is 5.73 Å².